The molecule has 0 radical (unpaired) electrons. The van der Waals surface area contributed by atoms with Crippen molar-refractivity contribution in [2.75, 3.05) is 25.0 Å². The Morgan fingerprint density at radius 2 is 1.84 bits per heavy atom. The maximum absolute atomic E-state index is 12.5. The van der Waals surface area contributed by atoms with E-state index in [2.05, 4.69) is 24.1 Å². The highest BCUT2D eigenvalue weighted by Crippen LogP contribution is 2.27. The van der Waals surface area contributed by atoms with Crippen LogP contribution in [0.4, 0.5) is 5.69 Å². The van der Waals surface area contributed by atoms with Crippen LogP contribution >= 0.6 is 0 Å². The third-order valence-electron chi connectivity index (χ3n) is 4.16. The van der Waals surface area contributed by atoms with Gasteiger partial charge in [-0.2, -0.15) is 0 Å². The Morgan fingerprint density at radius 1 is 1.16 bits per heavy atom. The number of hydrogen-bond acceptors (Lipinski definition) is 4. The summed E-state index contributed by atoms with van der Waals surface area (Å²) in [4.78, 5) is 30.8. The number of anilines is 1. The zero-order chi connectivity index (χ0) is 18.4. The lowest BCUT2D eigenvalue weighted by Crippen LogP contribution is -2.36. The fraction of sp³-hybridized carbons (Fsp3) is 0.450. The fourth-order valence-electron chi connectivity index (χ4n) is 2.94. The summed E-state index contributed by atoms with van der Waals surface area (Å²) in [7, 11) is 0. The highest BCUT2D eigenvalue weighted by molar-refractivity contribution is 6.07. The van der Waals surface area contributed by atoms with Crippen LogP contribution in [0.3, 0.4) is 0 Å². The molecule has 1 aromatic carbocycles. The Labute approximate surface area is 149 Å². The molecule has 0 saturated heterocycles. The van der Waals surface area contributed by atoms with E-state index < -0.39 is 0 Å². The number of hydrogen-bond donors (Lipinski definition) is 1. The third kappa shape index (κ3) is 4.56. The number of aryl methyl sites for hydroxylation is 1. The summed E-state index contributed by atoms with van der Waals surface area (Å²) < 4.78 is 0. The van der Waals surface area contributed by atoms with E-state index in [1.165, 1.54) is 6.92 Å². The molecule has 0 aliphatic rings. The molecule has 2 aromatic rings. The largest absolute Gasteiger partial charge is 0.375 e. The van der Waals surface area contributed by atoms with E-state index in [0.717, 1.165) is 42.4 Å². The Bertz CT molecular complexity index is 765. The molecule has 134 valence electrons. The van der Waals surface area contributed by atoms with E-state index in [1.54, 1.807) is 6.20 Å². The van der Waals surface area contributed by atoms with E-state index in [1.807, 2.05) is 30.0 Å². The van der Waals surface area contributed by atoms with Crippen LogP contribution in [-0.2, 0) is 4.79 Å². The minimum atomic E-state index is -0.0650. The zero-order valence-corrected chi connectivity index (χ0v) is 15.6. The molecule has 2 rings (SSSR count). The molecule has 25 heavy (non-hydrogen) atoms. The number of fused-ring (bicyclic) bond motifs is 1. The van der Waals surface area contributed by atoms with Crippen LogP contribution in [0.15, 0.2) is 24.4 Å². The zero-order valence-electron chi connectivity index (χ0n) is 15.6. The van der Waals surface area contributed by atoms with Gasteiger partial charge in [0, 0.05) is 24.7 Å². The molecule has 5 nitrogen and oxygen atoms in total. The molecular formula is C20H27N3O2. The molecular weight excluding hydrogens is 314 g/mol. The van der Waals surface area contributed by atoms with Crippen molar-refractivity contribution >= 4 is 28.3 Å². The SMILES string of the molecule is CCCN(CCC)C(=O)CNc1c(C(C)=O)cnc2ccc(C)cc12. The smallest absolute Gasteiger partial charge is 0.241 e. The Hall–Kier alpha value is -2.43. The average molecular weight is 341 g/mol. The van der Waals surface area contributed by atoms with Gasteiger partial charge in [0.1, 0.15) is 0 Å². The summed E-state index contributed by atoms with van der Waals surface area (Å²) in [6, 6.07) is 5.92. The average Bonchev–Trinajstić information content (AvgIpc) is 2.58. The van der Waals surface area contributed by atoms with E-state index in [4.69, 9.17) is 0 Å². The molecule has 0 bridgehead atoms. The van der Waals surface area contributed by atoms with Crippen LogP contribution in [0, 0.1) is 6.92 Å². The summed E-state index contributed by atoms with van der Waals surface area (Å²) in [5.74, 6) is -0.0133. The minimum absolute atomic E-state index is 0.0517. The molecule has 0 spiro atoms. The second-order valence-corrected chi connectivity index (χ2v) is 6.36. The van der Waals surface area contributed by atoms with Gasteiger partial charge in [0.25, 0.3) is 0 Å². The molecule has 1 N–H and O–H groups in total. The summed E-state index contributed by atoms with van der Waals surface area (Å²) in [5.41, 5.74) is 3.11. The van der Waals surface area contributed by atoms with Crippen molar-refractivity contribution in [2.24, 2.45) is 0 Å². The Morgan fingerprint density at radius 3 is 2.44 bits per heavy atom. The minimum Gasteiger partial charge on any atom is -0.375 e. The van der Waals surface area contributed by atoms with E-state index in [0.29, 0.717) is 11.3 Å². The van der Waals surface area contributed by atoms with Gasteiger partial charge in [-0.1, -0.05) is 25.5 Å². The molecule has 0 unspecified atom stereocenters. The number of carbonyl (C=O) groups excluding carboxylic acids is 2. The number of Topliss-reactive ketones (excluding diaryl/α,β-unsaturated/α-hetero) is 1. The van der Waals surface area contributed by atoms with Crippen molar-refractivity contribution in [1.29, 1.82) is 0 Å². The van der Waals surface area contributed by atoms with Crippen LogP contribution < -0.4 is 5.32 Å². The first-order chi connectivity index (χ1) is 12.0. The number of nitrogens with one attached hydrogen (secondary N) is 1. The van der Waals surface area contributed by atoms with Crippen molar-refractivity contribution in [3.05, 3.63) is 35.5 Å². The van der Waals surface area contributed by atoms with Crippen LogP contribution in [-0.4, -0.2) is 41.2 Å². The lowest BCUT2D eigenvalue weighted by Gasteiger charge is -2.22. The fourth-order valence-corrected chi connectivity index (χ4v) is 2.94. The van der Waals surface area contributed by atoms with Crippen molar-refractivity contribution in [2.45, 2.75) is 40.5 Å². The quantitative estimate of drug-likeness (QED) is 0.742. The summed E-state index contributed by atoms with van der Waals surface area (Å²) >= 11 is 0. The molecule has 0 saturated carbocycles. The monoisotopic (exact) mass is 341 g/mol. The number of nitrogens with zero attached hydrogens (tertiary/aromatic N) is 2. The van der Waals surface area contributed by atoms with Crippen molar-refractivity contribution < 1.29 is 9.59 Å². The van der Waals surface area contributed by atoms with E-state index in [9.17, 15) is 9.59 Å². The van der Waals surface area contributed by atoms with Gasteiger partial charge in [-0.05, 0) is 38.8 Å². The molecule has 5 heteroatoms. The van der Waals surface area contributed by atoms with Gasteiger partial charge < -0.3 is 10.2 Å². The molecule has 1 heterocycles. The lowest BCUT2D eigenvalue weighted by atomic mass is 10.0. The number of benzene rings is 1. The Kier molecular flexibility index (Phi) is 6.51. The first-order valence-electron chi connectivity index (χ1n) is 8.89. The topological polar surface area (TPSA) is 62.3 Å². The molecule has 1 aromatic heterocycles. The number of pyridine rings is 1. The van der Waals surface area contributed by atoms with Crippen molar-refractivity contribution in [1.82, 2.24) is 9.88 Å². The predicted octanol–water partition coefficient (Wildman–Crippen LogP) is 3.81. The number of carbonyl (C=O) groups is 2. The Balaban J connectivity index is 2.32. The van der Waals surface area contributed by atoms with Crippen LogP contribution in [0.2, 0.25) is 0 Å². The van der Waals surface area contributed by atoms with E-state index in [-0.39, 0.29) is 18.2 Å². The van der Waals surface area contributed by atoms with Gasteiger partial charge in [0.05, 0.1) is 23.3 Å². The van der Waals surface area contributed by atoms with Gasteiger partial charge in [-0.25, -0.2) is 0 Å². The second-order valence-electron chi connectivity index (χ2n) is 6.36. The third-order valence-corrected chi connectivity index (χ3v) is 4.16. The molecule has 0 aliphatic heterocycles. The van der Waals surface area contributed by atoms with Gasteiger partial charge in [0.15, 0.2) is 5.78 Å². The van der Waals surface area contributed by atoms with Crippen molar-refractivity contribution in [3.8, 4) is 0 Å². The summed E-state index contributed by atoms with van der Waals surface area (Å²) in [5, 5.41) is 4.08. The summed E-state index contributed by atoms with van der Waals surface area (Å²) in [6.45, 7) is 9.33. The van der Waals surface area contributed by atoms with Crippen LogP contribution in [0.5, 0.6) is 0 Å². The predicted molar refractivity (Wildman–Crippen MR) is 102 cm³/mol. The maximum Gasteiger partial charge on any atom is 0.241 e. The maximum atomic E-state index is 12.5. The molecule has 0 fully saturated rings. The first kappa shape index (κ1) is 18.9. The van der Waals surface area contributed by atoms with Gasteiger partial charge in [0.2, 0.25) is 5.91 Å². The number of ketones is 1. The first-order valence-corrected chi connectivity index (χ1v) is 8.89. The second kappa shape index (κ2) is 8.60. The van der Waals surface area contributed by atoms with Gasteiger partial charge in [-0.3, -0.25) is 14.6 Å². The summed E-state index contributed by atoms with van der Waals surface area (Å²) in [6.07, 6.45) is 3.45. The normalized spacial score (nSPS) is 10.7. The van der Waals surface area contributed by atoms with Gasteiger partial charge >= 0.3 is 0 Å². The standard InChI is InChI=1S/C20H27N3O2/c1-5-9-23(10-6-2)19(25)13-22-20-16-11-14(3)7-8-18(16)21-12-17(20)15(4)24/h7-8,11-12H,5-6,9-10,13H2,1-4H3,(H,21,22). The van der Waals surface area contributed by atoms with Crippen LogP contribution in [0.25, 0.3) is 10.9 Å². The van der Waals surface area contributed by atoms with Gasteiger partial charge in [-0.15, -0.1) is 0 Å². The molecule has 0 atom stereocenters. The van der Waals surface area contributed by atoms with E-state index >= 15 is 0 Å². The molecule has 0 aliphatic carbocycles. The molecule has 1 amide bonds. The number of rotatable bonds is 8. The van der Waals surface area contributed by atoms with Crippen LogP contribution in [0.1, 0.15) is 49.5 Å². The van der Waals surface area contributed by atoms with Crippen molar-refractivity contribution in [3.63, 3.8) is 0 Å². The highest BCUT2D eigenvalue weighted by Gasteiger charge is 2.16. The number of amides is 1. The number of aromatic nitrogens is 1. The lowest BCUT2D eigenvalue weighted by molar-refractivity contribution is -0.129. The highest BCUT2D eigenvalue weighted by atomic mass is 16.2.